The summed E-state index contributed by atoms with van der Waals surface area (Å²) < 4.78 is 1.71. The summed E-state index contributed by atoms with van der Waals surface area (Å²) in [6.07, 6.45) is 3.19. The fraction of sp³-hybridized carbons (Fsp3) is 0.444. The Labute approximate surface area is 142 Å². The third-order valence-corrected chi connectivity index (χ3v) is 4.63. The van der Waals surface area contributed by atoms with Crippen LogP contribution >= 0.6 is 0 Å². The van der Waals surface area contributed by atoms with Gasteiger partial charge in [0.2, 0.25) is 0 Å². The minimum absolute atomic E-state index is 0.107. The molecule has 2 N–H and O–H groups in total. The van der Waals surface area contributed by atoms with Crippen molar-refractivity contribution in [1.29, 1.82) is 0 Å². The van der Waals surface area contributed by atoms with Crippen LogP contribution in [0.15, 0.2) is 36.5 Å². The third kappa shape index (κ3) is 3.59. The van der Waals surface area contributed by atoms with E-state index in [1.165, 1.54) is 0 Å². The summed E-state index contributed by atoms with van der Waals surface area (Å²) in [5, 5.41) is 17.1. The second-order valence-corrected chi connectivity index (χ2v) is 6.43. The number of urea groups is 1. The molecule has 6 nitrogen and oxygen atoms in total. The lowest BCUT2D eigenvalue weighted by atomic mass is 9.92. The highest BCUT2D eigenvalue weighted by atomic mass is 16.3. The van der Waals surface area contributed by atoms with Crippen LogP contribution in [0, 0.1) is 5.92 Å². The van der Waals surface area contributed by atoms with E-state index in [2.05, 4.69) is 10.4 Å². The minimum atomic E-state index is -0.307. The van der Waals surface area contributed by atoms with Crippen LogP contribution in [0.25, 0.3) is 11.3 Å². The van der Waals surface area contributed by atoms with Gasteiger partial charge in [-0.25, -0.2) is 4.79 Å². The summed E-state index contributed by atoms with van der Waals surface area (Å²) in [7, 11) is 1.84. The average molecular weight is 328 g/mol. The number of carbonyl (C=O) groups is 1. The van der Waals surface area contributed by atoms with Crippen LogP contribution in [0.2, 0.25) is 0 Å². The fourth-order valence-corrected chi connectivity index (χ4v) is 3.17. The molecule has 0 saturated carbocycles. The zero-order valence-electron chi connectivity index (χ0n) is 14.1. The van der Waals surface area contributed by atoms with E-state index in [0.717, 1.165) is 24.1 Å². The first-order valence-electron chi connectivity index (χ1n) is 8.37. The van der Waals surface area contributed by atoms with Crippen molar-refractivity contribution in [3.05, 3.63) is 36.5 Å². The average Bonchev–Trinajstić information content (AvgIpc) is 2.96. The Morgan fingerprint density at radius 2 is 1.96 bits per heavy atom. The Morgan fingerprint density at radius 3 is 2.58 bits per heavy atom. The molecule has 2 amide bonds. The number of hydrogen-bond donors (Lipinski definition) is 2. The molecule has 1 aromatic heterocycles. The number of aryl methyl sites for hydroxylation is 1. The highest BCUT2D eigenvalue weighted by Gasteiger charge is 2.26. The quantitative estimate of drug-likeness (QED) is 0.910. The van der Waals surface area contributed by atoms with Crippen molar-refractivity contribution < 1.29 is 9.90 Å². The normalized spacial score (nSPS) is 16.9. The van der Waals surface area contributed by atoms with Crippen LogP contribution in [0.5, 0.6) is 0 Å². The molecule has 0 spiro atoms. The van der Waals surface area contributed by atoms with E-state index in [1.54, 1.807) is 9.58 Å². The Morgan fingerprint density at radius 1 is 1.29 bits per heavy atom. The van der Waals surface area contributed by atoms with Gasteiger partial charge in [0, 0.05) is 31.9 Å². The van der Waals surface area contributed by atoms with Gasteiger partial charge in [0.25, 0.3) is 0 Å². The first-order valence-corrected chi connectivity index (χ1v) is 8.37. The number of aliphatic hydroxyl groups excluding tert-OH is 1. The SMILES string of the molecule is CC(O)C1CCN(C(=O)Nc2cn(C)nc2-c2ccccc2)CC1. The number of benzene rings is 1. The molecule has 1 saturated heterocycles. The summed E-state index contributed by atoms with van der Waals surface area (Å²) in [5.74, 6) is 0.285. The van der Waals surface area contributed by atoms with Gasteiger partial charge >= 0.3 is 6.03 Å². The number of likely N-dealkylation sites (tertiary alicyclic amines) is 1. The van der Waals surface area contributed by atoms with E-state index >= 15 is 0 Å². The molecule has 1 fully saturated rings. The van der Waals surface area contributed by atoms with Crippen LogP contribution in [0.4, 0.5) is 10.5 Å². The third-order valence-electron chi connectivity index (χ3n) is 4.63. The second-order valence-electron chi connectivity index (χ2n) is 6.43. The number of aromatic nitrogens is 2. The Bertz CT molecular complexity index is 688. The lowest BCUT2D eigenvalue weighted by Gasteiger charge is -2.33. The smallest absolute Gasteiger partial charge is 0.321 e. The molecule has 2 aromatic rings. The highest BCUT2D eigenvalue weighted by molar-refractivity contribution is 5.93. The summed E-state index contributed by atoms with van der Waals surface area (Å²) in [5.41, 5.74) is 2.46. The van der Waals surface area contributed by atoms with Crippen LogP contribution in [0.3, 0.4) is 0 Å². The van der Waals surface area contributed by atoms with Gasteiger partial charge in [-0.1, -0.05) is 30.3 Å². The molecule has 3 rings (SSSR count). The summed E-state index contributed by atoms with van der Waals surface area (Å²) >= 11 is 0. The topological polar surface area (TPSA) is 70.4 Å². The molecule has 24 heavy (non-hydrogen) atoms. The Hall–Kier alpha value is -2.34. The molecule has 0 radical (unpaired) electrons. The molecule has 0 bridgehead atoms. The number of amides is 2. The lowest BCUT2D eigenvalue weighted by Crippen LogP contribution is -2.42. The lowest BCUT2D eigenvalue weighted by molar-refractivity contribution is 0.0820. The zero-order chi connectivity index (χ0) is 17.1. The number of rotatable bonds is 3. The maximum absolute atomic E-state index is 12.6. The van der Waals surface area contributed by atoms with Gasteiger partial charge in [0.15, 0.2) is 0 Å². The van der Waals surface area contributed by atoms with Gasteiger partial charge in [-0.3, -0.25) is 4.68 Å². The Kier molecular flexibility index (Phi) is 4.85. The molecule has 1 aliphatic rings. The first kappa shape index (κ1) is 16.5. The highest BCUT2D eigenvalue weighted by Crippen LogP contribution is 2.27. The number of piperidine rings is 1. The number of nitrogens with one attached hydrogen (secondary N) is 1. The number of nitrogens with zero attached hydrogens (tertiary/aromatic N) is 3. The largest absolute Gasteiger partial charge is 0.393 e. The van der Waals surface area contributed by atoms with E-state index in [0.29, 0.717) is 18.8 Å². The second kappa shape index (κ2) is 7.05. The van der Waals surface area contributed by atoms with Gasteiger partial charge in [-0.2, -0.15) is 5.10 Å². The molecule has 2 heterocycles. The molecule has 1 aromatic carbocycles. The summed E-state index contributed by atoms with van der Waals surface area (Å²) in [6.45, 7) is 3.16. The molecule has 1 aliphatic heterocycles. The van der Waals surface area contributed by atoms with E-state index < -0.39 is 0 Å². The first-order chi connectivity index (χ1) is 11.5. The van der Waals surface area contributed by atoms with Crippen LogP contribution in [0.1, 0.15) is 19.8 Å². The van der Waals surface area contributed by atoms with Crippen molar-refractivity contribution >= 4 is 11.7 Å². The van der Waals surface area contributed by atoms with E-state index in [4.69, 9.17) is 0 Å². The van der Waals surface area contributed by atoms with E-state index in [1.807, 2.05) is 50.5 Å². The van der Waals surface area contributed by atoms with Crippen molar-refractivity contribution in [1.82, 2.24) is 14.7 Å². The van der Waals surface area contributed by atoms with Gasteiger partial charge in [-0.05, 0) is 25.7 Å². The molecule has 128 valence electrons. The summed E-state index contributed by atoms with van der Waals surface area (Å²) in [4.78, 5) is 14.4. The summed E-state index contributed by atoms with van der Waals surface area (Å²) in [6, 6.07) is 9.71. The van der Waals surface area contributed by atoms with Crippen LogP contribution < -0.4 is 5.32 Å². The van der Waals surface area contributed by atoms with E-state index in [-0.39, 0.29) is 18.1 Å². The molecular formula is C18H24N4O2. The number of anilines is 1. The van der Waals surface area contributed by atoms with Gasteiger partial charge in [0.1, 0.15) is 5.69 Å². The predicted molar refractivity (Wildman–Crippen MR) is 93.6 cm³/mol. The predicted octanol–water partition coefficient (Wildman–Crippen LogP) is 2.71. The molecular weight excluding hydrogens is 304 g/mol. The monoisotopic (exact) mass is 328 g/mol. The maximum atomic E-state index is 12.6. The molecule has 1 unspecified atom stereocenters. The number of carbonyl (C=O) groups excluding carboxylic acids is 1. The standard InChI is InChI=1S/C18H24N4O2/c1-13(23)14-8-10-22(11-9-14)18(24)19-16-12-21(2)20-17(16)15-6-4-3-5-7-15/h3-7,12-14,23H,8-11H2,1-2H3,(H,19,24). The van der Waals surface area contributed by atoms with Crippen molar-refractivity contribution in [2.75, 3.05) is 18.4 Å². The van der Waals surface area contributed by atoms with E-state index in [9.17, 15) is 9.90 Å². The van der Waals surface area contributed by atoms with Crippen molar-refractivity contribution in [3.8, 4) is 11.3 Å². The maximum Gasteiger partial charge on any atom is 0.321 e. The molecule has 1 atom stereocenters. The zero-order valence-corrected chi connectivity index (χ0v) is 14.1. The number of hydrogen-bond acceptors (Lipinski definition) is 3. The fourth-order valence-electron chi connectivity index (χ4n) is 3.17. The molecule has 6 heteroatoms. The Balaban J connectivity index is 1.70. The van der Waals surface area contributed by atoms with Gasteiger partial charge < -0.3 is 15.3 Å². The van der Waals surface area contributed by atoms with Crippen molar-refractivity contribution in [3.63, 3.8) is 0 Å². The van der Waals surface area contributed by atoms with Crippen molar-refractivity contribution in [2.24, 2.45) is 13.0 Å². The van der Waals surface area contributed by atoms with Crippen LogP contribution in [-0.2, 0) is 7.05 Å². The van der Waals surface area contributed by atoms with Gasteiger partial charge in [0.05, 0.1) is 11.8 Å². The van der Waals surface area contributed by atoms with Crippen LogP contribution in [-0.4, -0.2) is 45.0 Å². The number of aliphatic hydroxyl groups is 1. The van der Waals surface area contributed by atoms with Gasteiger partial charge in [-0.15, -0.1) is 0 Å². The van der Waals surface area contributed by atoms with Crippen molar-refractivity contribution in [2.45, 2.75) is 25.9 Å². The minimum Gasteiger partial charge on any atom is -0.393 e. The molecule has 0 aliphatic carbocycles.